The van der Waals surface area contributed by atoms with Crippen LogP contribution in [-0.2, 0) is 6.54 Å². The molecule has 0 aromatic carbocycles. The first-order valence-electron chi connectivity index (χ1n) is 6.52. The van der Waals surface area contributed by atoms with Crippen molar-refractivity contribution in [3.05, 3.63) is 38.4 Å². The van der Waals surface area contributed by atoms with Gasteiger partial charge in [0.25, 0.3) is 0 Å². The molecule has 0 saturated heterocycles. The van der Waals surface area contributed by atoms with Crippen molar-refractivity contribution in [3.63, 3.8) is 0 Å². The van der Waals surface area contributed by atoms with Crippen molar-refractivity contribution in [1.82, 2.24) is 20.6 Å². The molecule has 0 saturated carbocycles. The second-order valence-corrected chi connectivity index (χ2v) is 6.53. The van der Waals surface area contributed by atoms with E-state index < -0.39 is 0 Å². The van der Waals surface area contributed by atoms with E-state index in [1.54, 1.807) is 23.6 Å². The lowest BCUT2D eigenvalue weighted by molar-refractivity contribution is 0.241. The van der Waals surface area contributed by atoms with Crippen molar-refractivity contribution in [2.45, 2.75) is 13.5 Å². The van der Waals surface area contributed by atoms with Crippen LogP contribution >= 0.6 is 34.5 Å². The fourth-order valence-electron chi connectivity index (χ4n) is 1.62. The molecule has 0 unspecified atom stereocenters. The third kappa shape index (κ3) is 5.32. The number of thiazole rings is 1. The van der Waals surface area contributed by atoms with Crippen LogP contribution in [0.2, 0.25) is 10.0 Å². The van der Waals surface area contributed by atoms with Crippen molar-refractivity contribution in [3.8, 4) is 0 Å². The Morgan fingerprint density at radius 3 is 2.73 bits per heavy atom. The van der Waals surface area contributed by atoms with Crippen LogP contribution in [0, 0.1) is 6.92 Å². The zero-order valence-electron chi connectivity index (χ0n) is 11.8. The monoisotopic (exact) mass is 359 g/mol. The third-order valence-electron chi connectivity index (χ3n) is 2.60. The summed E-state index contributed by atoms with van der Waals surface area (Å²) >= 11 is 13.3. The first kappa shape index (κ1) is 16.8. The zero-order valence-corrected chi connectivity index (χ0v) is 14.1. The Balaban J connectivity index is 1.64. The summed E-state index contributed by atoms with van der Waals surface area (Å²) in [6.07, 6.45) is 3.27. The van der Waals surface area contributed by atoms with Crippen LogP contribution in [0.3, 0.4) is 0 Å². The molecule has 0 aliphatic heterocycles. The maximum Gasteiger partial charge on any atom is 0.315 e. The van der Waals surface area contributed by atoms with E-state index in [-0.39, 0.29) is 6.03 Å². The maximum atomic E-state index is 11.6. The van der Waals surface area contributed by atoms with E-state index in [1.807, 2.05) is 6.92 Å². The number of carbonyl (C=O) groups is 1. The molecule has 0 fully saturated rings. The molecule has 0 aliphatic rings. The van der Waals surface area contributed by atoms with Crippen molar-refractivity contribution in [2.75, 3.05) is 18.4 Å². The minimum Gasteiger partial charge on any atom is -0.367 e. The van der Waals surface area contributed by atoms with Gasteiger partial charge in [0, 0.05) is 30.4 Å². The molecule has 22 heavy (non-hydrogen) atoms. The maximum absolute atomic E-state index is 11.6. The minimum atomic E-state index is -0.233. The minimum absolute atomic E-state index is 0.233. The van der Waals surface area contributed by atoms with Gasteiger partial charge >= 0.3 is 6.03 Å². The number of aryl methyl sites for hydroxylation is 1. The number of rotatable bonds is 6. The van der Waals surface area contributed by atoms with Crippen molar-refractivity contribution >= 4 is 46.4 Å². The van der Waals surface area contributed by atoms with Gasteiger partial charge < -0.3 is 16.0 Å². The lowest BCUT2D eigenvalue weighted by atomic mass is 10.4. The summed E-state index contributed by atoms with van der Waals surface area (Å²) in [4.78, 5) is 20.8. The lowest BCUT2D eigenvalue weighted by Gasteiger charge is -2.09. The number of amides is 2. The molecule has 0 bridgehead atoms. The summed E-state index contributed by atoms with van der Waals surface area (Å²) in [6, 6.07) is 1.37. The Bertz CT molecular complexity index is 649. The molecule has 118 valence electrons. The molecule has 2 aromatic rings. The number of pyridine rings is 1. The second-order valence-electron chi connectivity index (χ2n) is 4.37. The Morgan fingerprint density at radius 2 is 2.05 bits per heavy atom. The molecule has 2 aromatic heterocycles. The number of nitrogens with zero attached hydrogens (tertiary/aromatic N) is 2. The predicted molar refractivity (Wildman–Crippen MR) is 89.8 cm³/mol. The van der Waals surface area contributed by atoms with Gasteiger partial charge in [0.15, 0.2) is 0 Å². The highest BCUT2D eigenvalue weighted by Gasteiger charge is 2.04. The van der Waals surface area contributed by atoms with Crippen molar-refractivity contribution < 1.29 is 4.79 Å². The first-order valence-corrected chi connectivity index (χ1v) is 8.10. The smallest absolute Gasteiger partial charge is 0.315 e. The van der Waals surface area contributed by atoms with E-state index in [4.69, 9.17) is 23.2 Å². The molecule has 2 heterocycles. The van der Waals surface area contributed by atoms with Gasteiger partial charge in [0.05, 0.1) is 21.6 Å². The number of carbonyl (C=O) groups excluding carboxylic acids is 1. The fourth-order valence-corrected chi connectivity index (χ4v) is 2.80. The van der Waals surface area contributed by atoms with Crippen LogP contribution in [0.25, 0.3) is 0 Å². The van der Waals surface area contributed by atoms with Crippen LogP contribution in [0.15, 0.2) is 18.5 Å². The number of anilines is 1. The number of nitrogens with one attached hydrogen (secondary N) is 3. The van der Waals surface area contributed by atoms with E-state index in [0.29, 0.717) is 35.5 Å². The molecule has 3 N–H and O–H groups in total. The van der Waals surface area contributed by atoms with Crippen LogP contribution in [-0.4, -0.2) is 29.1 Å². The van der Waals surface area contributed by atoms with Gasteiger partial charge in [-0.3, -0.25) is 0 Å². The van der Waals surface area contributed by atoms with E-state index in [1.165, 1.54) is 6.20 Å². The number of halogens is 2. The topological polar surface area (TPSA) is 78.9 Å². The van der Waals surface area contributed by atoms with Crippen LogP contribution in [0.5, 0.6) is 0 Å². The standard InChI is InChI=1S/C13H15Cl2N5OS/c1-8-18-6-10(22-8)7-20-13(21)17-3-2-16-12-11(15)4-9(14)5-19-12/h4-6H,2-3,7H2,1H3,(H,16,19)(H2,17,20,21). The summed E-state index contributed by atoms with van der Waals surface area (Å²) in [5, 5.41) is 10.4. The van der Waals surface area contributed by atoms with Crippen LogP contribution < -0.4 is 16.0 Å². The van der Waals surface area contributed by atoms with E-state index >= 15 is 0 Å². The van der Waals surface area contributed by atoms with Gasteiger partial charge in [-0.2, -0.15) is 0 Å². The second kappa shape index (κ2) is 8.17. The van der Waals surface area contributed by atoms with Gasteiger partial charge in [-0.25, -0.2) is 14.8 Å². The molecule has 0 atom stereocenters. The highest BCUT2D eigenvalue weighted by molar-refractivity contribution is 7.11. The molecule has 0 radical (unpaired) electrons. The van der Waals surface area contributed by atoms with Gasteiger partial charge in [-0.1, -0.05) is 23.2 Å². The summed E-state index contributed by atoms with van der Waals surface area (Å²) in [5.41, 5.74) is 0. The Hall–Kier alpha value is -1.57. The van der Waals surface area contributed by atoms with E-state index in [9.17, 15) is 4.79 Å². The predicted octanol–water partition coefficient (Wildman–Crippen LogP) is 3.06. The Labute approximate surface area is 142 Å². The SMILES string of the molecule is Cc1ncc(CNC(=O)NCCNc2ncc(Cl)cc2Cl)s1. The molecule has 6 nitrogen and oxygen atoms in total. The van der Waals surface area contributed by atoms with Crippen molar-refractivity contribution in [1.29, 1.82) is 0 Å². The molecular weight excluding hydrogens is 345 g/mol. The molecule has 9 heteroatoms. The third-order valence-corrected chi connectivity index (χ3v) is 4.01. The number of urea groups is 1. The quantitative estimate of drug-likeness (QED) is 0.692. The number of aromatic nitrogens is 2. The van der Waals surface area contributed by atoms with Crippen LogP contribution in [0.4, 0.5) is 10.6 Å². The van der Waals surface area contributed by atoms with Crippen LogP contribution in [0.1, 0.15) is 9.88 Å². The van der Waals surface area contributed by atoms with Gasteiger partial charge in [-0.15, -0.1) is 11.3 Å². The van der Waals surface area contributed by atoms with Gasteiger partial charge in [0.1, 0.15) is 5.82 Å². The average Bonchev–Trinajstić information content (AvgIpc) is 2.89. The molecule has 2 amide bonds. The van der Waals surface area contributed by atoms with Gasteiger partial charge in [0.2, 0.25) is 0 Å². The summed E-state index contributed by atoms with van der Waals surface area (Å²) < 4.78 is 0. The molecular formula is C13H15Cl2N5OS. The zero-order chi connectivity index (χ0) is 15.9. The highest BCUT2D eigenvalue weighted by atomic mass is 35.5. The van der Waals surface area contributed by atoms with Gasteiger partial charge in [-0.05, 0) is 13.0 Å². The normalized spacial score (nSPS) is 10.3. The molecule has 2 rings (SSSR count). The molecule has 0 spiro atoms. The first-order chi connectivity index (χ1) is 10.5. The fraction of sp³-hybridized carbons (Fsp3) is 0.308. The summed E-state index contributed by atoms with van der Waals surface area (Å²) in [7, 11) is 0. The van der Waals surface area contributed by atoms with E-state index in [2.05, 4.69) is 25.9 Å². The van der Waals surface area contributed by atoms with E-state index in [0.717, 1.165) is 9.88 Å². The van der Waals surface area contributed by atoms with Crippen molar-refractivity contribution in [2.24, 2.45) is 0 Å². The Morgan fingerprint density at radius 1 is 1.23 bits per heavy atom. The highest BCUT2D eigenvalue weighted by Crippen LogP contribution is 2.21. The summed E-state index contributed by atoms with van der Waals surface area (Å²) in [6.45, 7) is 3.33. The summed E-state index contributed by atoms with van der Waals surface area (Å²) in [5.74, 6) is 0.536. The lowest BCUT2D eigenvalue weighted by Crippen LogP contribution is -2.37. The number of hydrogen-bond donors (Lipinski definition) is 3. The largest absolute Gasteiger partial charge is 0.367 e. The Kier molecular flexibility index (Phi) is 6.23. The average molecular weight is 360 g/mol. The molecule has 0 aliphatic carbocycles. The number of hydrogen-bond acceptors (Lipinski definition) is 5.